The molecule has 0 unspecified atom stereocenters. The summed E-state index contributed by atoms with van der Waals surface area (Å²) in [6, 6.07) is 0. The standard InChI is InChI=1S/C52H91N3O7/c1-5-7-9-11-13-15-17-19-21-23-25-27-29-31-33-37-51(58)61-45-35-42-55(50(57)40-39-49(56)53-41-47-60-48-44-54(3)4)43-36-46-62-52(59)38-34-32-30-28-26-24-22-20-18-16-14-12-10-8-6-2/h13-16,19-22,39-40H,5-12,17-18,23-38,41-48H2,1-4H3,(H,53,56)/b15-13-,16-14-,21-19-,22-20-,40-39?. The number of nitrogens with zero attached hydrogens (tertiary/aromatic N) is 2. The first kappa shape index (κ1) is 58.5. The van der Waals surface area contributed by atoms with Crippen LogP contribution in [0.2, 0.25) is 0 Å². The lowest BCUT2D eigenvalue weighted by Gasteiger charge is -2.21. The zero-order chi connectivity index (χ0) is 45.4. The normalized spacial score (nSPS) is 12.0. The van der Waals surface area contributed by atoms with Gasteiger partial charge in [-0.15, -0.1) is 0 Å². The fourth-order valence-electron chi connectivity index (χ4n) is 6.43. The summed E-state index contributed by atoms with van der Waals surface area (Å²) in [4.78, 5) is 53.8. The molecule has 0 saturated heterocycles. The molecule has 0 aliphatic heterocycles. The fourth-order valence-corrected chi connectivity index (χ4v) is 6.43. The molecule has 0 heterocycles. The Morgan fingerprint density at radius 3 is 1.35 bits per heavy atom. The van der Waals surface area contributed by atoms with Crippen LogP contribution < -0.4 is 5.32 Å². The maximum absolute atomic E-state index is 13.1. The maximum atomic E-state index is 13.1. The van der Waals surface area contributed by atoms with E-state index in [-0.39, 0.29) is 37.0 Å². The zero-order valence-corrected chi connectivity index (χ0v) is 40.1. The van der Waals surface area contributed by atoms with Crippen molar-refractivity contribution in [2.75, 3.05) is 66.7 Å². The number of unbranched alkanes of at least 4 members (excludes halogenated alkanes) is 16. The van der Waals surface area contributed by atoms with Crippen LogP contribution in [0.15, 0.2) is 60.8 Å². The minimum atomic E-state index is -0.376. The third-order valence-corrected chi connectivity index (χ3v) is 10.3. The molecule has 356 valence electrons. The minimum Gasteiger partial charge on any atom is -0.466 e. The van der Waals surface area contributed by atoms with Crippen molar-refractivity contribution >= 4 is 23.8 Å². The van der Waals surface area contributed by atoms with Gasteiger partial charge in [-0.1, -0.05) is 127 Å². The van der Waals surface area contributed by atoms with E-state index in [9.17, 15) is 19.2 Å². The highest BCUT2D eigenvalue weighted by Crippen LogP contribution is 2.11. The van der Waals surface area contributed by atoms with Gasteiger partial charge < -0.3 is 29.3 Å². The minimum absolute atomic E-state index is 0.212. The van der Waals surface area contributed by atoms with Crippen molar-refractivity contribution in [1.29, 1.82) is 0 Å². The molecule has 0 rings (SSSR count). The summed E-state index contributed by atoms with van der Waals surface area (Å²) in [7, 11) is 3.93. The van der Waals surface area contributed by atoms with Crippen molar-refractivity contribution in [2.24, 2.45) is 0 Å². The summed E-state index contributed by atoms with van der Waals surface area (Å²) in [6.45, 7) is 7.68. The van der Waals surface area contributed by atoms with Crippen LogP contribution in [-0.4, -0.2) is 100 Å². The van der Waals surface area contributed by atoms with Gasteiger partial charge in [0.05, 0.1) is 26.4 Å². The van der Waals surface area contributed by atoms with E-state index in [1.807, 2.05) is 19.0 Å². The van der Waals surface area contributed by atoms with Gasteiger partial charge in [-0.25, -0.2) is 0 Å². The third kappa shape index (κ3) is 44.6. The Morgan fingerprint density at radius 1 is 0.468 bits per heavy atom. The predicted octanol–water partition coefficient (Wildman–Crippen LogP) is 11.6. The van der Waals surface area contributed by atoms with Crippen molar-refractivity contribution in [1.82, 2.24) is 15.1 Å². The van der Waals surface area contributed by atoms with E-state index in [1.54, 1.807) is 4.90 Å². The van der Waals surface area contributed by atoms with Crippen molar-refractivity contribution in [3.05, 3.63) is 60.8 Å². The summed E-state index contributed by atoms with van der Waals surface area (Å²) in [5, 5.41) is 2.73. The highest BCUT2D eigenvalue weighted by atomic mass is 16.5. The number of esters is 2. The lowest BCUT2D eigenvalue weighted by Crippen LogP contribution is -2.33. The Morgan fingerprint density at radius 2 is 0.903 bits per heavy atom. The molecular formula is C52H91N3O7. The topological polar surface area (TPSA) is 114 Å². The summed E-state index contributed by atoms with van der Waals surface area (Å²) >= 11 is 0. The molecule has 0 radical (unpaired) electrons. The van der Waals surface area contributed by atoms with Gasteiger partial charge in [0, 0.05) is 51.2 Å². The number of carbonyl (C=O) groups excluding carboxylic acids is 4. The molecule has 0 aliphatic rings. The lowest BCUT2D eigenvalue weighted by atomic mass is 10.1. The Balaban J connectivity index is 4.44. The van der Waals surface area contributed by atoms with Gasteiger partial charge in [-0.2, -0.15) is 0 Å². The van der Waals surface area contributed by atoms with Gasteiger partial charge in [0.1, 0.15) is 0 Å². The molecule has 0 aliphatic carbocycles. The van der Waals surface area contributed by atoms with E-state index < -0.39 is 0 Å². The number of amides is 2. The van der Waals surface area contributed by atoms with Crippen LogP contribution in [0.25, 0.3) is 0 Å². The van der Waals surface area contributed by atoms with E-state index in [4.69, 9.17) is 14.2 Å². The van der Waals surface area contributed by atoms with Crippen molar-refractivity contribution < 1.29 is 33.4 Å². The Bertz CT molecular complexity index is 1160. The lowest BCUT2D eigenvalue weighted by molar-refractivity contribution is -0.144. The molecule has 0 aromatic carbocycles. The van der Waals surface area contributed by atoms with E-state index in [0.29, 0.717) is 58.5 Å². The van der Waals surface area contributed by atoms with Gasteiger partial charge in [-0.05, 0) is 104 Å². The average Bonchev–Trinajstić information content (AvgIpc) is 3.25. The van der Waals surface area contributed by atoms with Crippen LogP contribution in [-0.2, 0) is 33.4 Å². The third-order valence-electron chi connectivity index (χ3n) is 10.3. The molecule has 0 fully saturated rings. The number of nitrogens with one attached hydrogen (secondary N) is 1. The Hall–Kier alpha value is -3.50. The molecule has 0 bridgehead atoms. The zero-order valence-electron chi connectivity index (χ0n) is 40.1. The molecule has 10 heteroatoms. The van der Waals surface area contributed by atoms with Crippen molar-refractivity contribution in [3.63, 3.8) is 0 Å². The van der Waals surface area contributed by atoms with Gasteiger partial charge in [0.25, 0.3) is 0 Å². The van der Waals surface area contributed by atoms with Gasteiger partial charge in [0.2, 0.25) is 11.8 Å². The molecule has 0 aromatic rings. The number of hydrogen-bond acceptors (Lipinski definition) is 8. The first-order valence-electron chi connectivity index (χ1n) is 24.7. The molecule has 0 aromatic heterocycles. The second-order valence-electron chi connectivity index (χ2n) is 16.5. The number of rotatable bonds is 44. The summed E-state index contributed by atoms with van der Waals surface area (Å²) in [5.41, 5.74) is 0. The van der Waals surface area contributed by atoms with Crippen LogP contribution in [0.3, 0.4) is 0 Å². The molecule has 0 atom stereocenters. The van der Waals surface area contributed by atoms with Gasteiger partial charge >= 0.3 is 11.9 Å². The first-order valence-corrected chi connectivity index (χ1v) is 24.7. The first-order chi connectivity index (χ1) is 30.3. The highest BCUT2D eigenvalue weighted by Gasteiger charge is 2.13. The van der Waals surface area contributed by atoms with E-state index in [0.717, 1.165) is 83.6 Å². The smallest absolute Gasteiger partial charge is 0.305 e. The SMILES string of the molecule is CCCCC/C=C\C/C=C\CCCCCCCC(=O)OCCCN(CCCOC(=O)CCCCCCC/C=C\C/C=C\CCCCC)C(=O)C=CC(=O)NCCOCCN(C)C. The molecular weight excluding hydrogens is 779 g/mol. The Labute approximate surface area is 379 Å². The van der Waals surface area contributed by atoms with Crippen molar-refractivity contribution in [2.45, 2.75) is 181 Å². The van der Waals surface area contributed by atoms with E-state index >= 15 is 0 Å². The monoisotopic (exact) mass is 870 g/mol. The highest BCUT2D eigenvalue weighted by molar-refractivity contribution is 5.96. The number of allylic oxidation sites excluding steroid dienone is 8. The largest absolute Gasteiger partial charge is 0.466 e. The average molecular weight is 870 g/mol. The second-order valence-corrected chi connectivity index (χ2v) is 16.5. The fraction of sp³-hybridized carbons (Fsp3) is 0.731. The number of likely N-dealkylation sites (N-methyl/N-ethyl adjacent to an activating group) is 1. The van der Waals surface area contributed by atoms with Gasteiger partial charge in [0.15, 0.2) is 0 Å². The molecule has 10 nitrogen and oxygen atoms in total. The predicted molar refractivity (Wildman–Crippen MR) is 258 cm³/mol. The van der Waals surface area contributed by atoms with Crippen LogP contribution >= 0.6 is 0 Å². The van der Waals surface area contributed by atoms with E-state index in [1.165, 1.54) is 76.4 Å². The van der Waals surface area contributed by atoms with Crippen LogP contribution in [0.5, 0.6) is 0 Å². The summed E-state index contributed by atoms with van der Waals surface area (Å²) in [5.74, 6) is -1.13. The molecule has 0 saturated carbocycles. The summed E-state index contributed by atoms with van der Waals surface area (Å²) in [6.07, 6.45) is 47.2. The molecule has 62 heavy (non-hydrogen) atoms. The number of carbonyl (C=O) groups is 4. The number of ether oxygens (including phenoxy) is 3. The van der Waals surface area contributed by atoms with Crippen LogP contribution in [0.1, 0.15) is 181 Å². The van der Waals surface area contributed by atoms with Crippen LogP contribution in [0.4, 0.5) is 0 Å². The Kier molecular flexibility index (Phi) is 44.3. The molecule has 2 amide bonds. The number of hydrogen-bond donors (Lipinski definition) is 1. The molecule has 0 spiro atoms. The van der Waals surface area contributed by atoms with Crippen LogP contribution in [0, 0.1) is 0 Å². The van der Waals surface area contributed by atoms with Gasteiger partial charge in [-0.3, -0.25) is 19.2 Å². The van der Waals surface area contributed by atoms with E-state index in [2.05, 4.69) is 67.8 Å². The molecule has 1 N–H and O–H groups in total. The second kappa shape index (κ2) is 47.0. The van der Waals surface area contributed by atoms with Crippen molar-refractivity contribution in [3.8, 4) is 0 Å². The maximum Gasteiger partial charge on any atom is 0.305 e. The summed E-state index contributed by atoms with van der Waals surface area (Å²) < 4.78 is 16.4. The quantitative estimate of drug-likeness (QED) is 0.0279.